The van der Waals surface area contributed by atoms with Gasteiger partial charge in [0.15, 0.2) is 0 Å². The molecule has 2 aromatic rings. The summed E-state index contributed by atoms with van der Waals surface area (Å²) in [6.45, 7) is 0.181. The van der Waals surface area contributed by atoms with Gasteiger partial charge in [-0.15, -0.1) is 0 Å². The molecule has 2 aromatic heterocycles. The number of aromatic nitrogens is 3. The van der Waals surface area contributed by atoms with Crippen LogP contribution in [0.4, 0.5) is 0 Å². The fourth-order valence-corrected chi connectivity index (χ4v) is 2.10. The SMILES string of the molecule is O=c1[nH]cc(Br)c(=O)n1Cc1cncc(Br)c1. The minimum atomic E-state index is -0.446. The van der Waals surface area contributed by atoms with Crippen molar-refractivity contribution in [1.82, 2.24) is 14.5 Å². The molecule has 7 heteroatoms. The second-order valence-corrected chi connectivity index (χ2v) is 5.11. The highest BCUT2D eigenvalue weighted by atomic mass is 79.9. The monoisotopic (exact) mass is 359 g/mol. The molecule has 0 saturated heterocycles. The molecular formula is C10H7Br2N3O2. The van der Waals surface area contributed by atoms with Crippen molar-refractivity contribution in [3.05, 3.63) is 60.0 Å². The van der Waals surface area contributed by atoms with Gasteiger partial charge < -0.3 is 4.98 Å². The fourth-order valence-electron chi connectivity index (χ4n) is 1.35. The lowest BCUT2D eigenvalue weighted by atomic mass is 10.3. The van der Waals surface area contributed by atoms with Crippen LogP contribution in [0, 0.1) is 0 Å². The molecule has 0 spiro atoms. The number of rotatable bonds is 2. The van der Waals surface area contributed by atoms with Gasteiger partial charge in [0.25, 0.3) is 5.56 Å². The first-order valence-electron chi connectivity index (χ1n) is 4.65. The number of nitrogens with one attached hydrogen (secondary N) is 1. The van der Waals surface area contributed by atoms with E-state index in [4.69, 9.17) is 0 Å². The van der Waals surface area contributed by atoms with Crippen LogP contribution in [0.15, 0.2) is 43.2 Å². The van der Waals surface area contributed by atoms with Gasteiger partial charge in [0.2, 0.25) is 0 Å². The van der Waals surface area contributed by atoms with Gasteiger partial charge in [-0.05, 0) is 43.5 Å². The minimum absolute atomic E-state index is 0.181. The zero-order valence-corrected chi connectivity index (χ0v) is 11.7. The molecular weight excluding hydrogens is 354 g/mol. The van der Waals surface area contributed by atoms with Crippen molar-refractivity contribution in [2.75, 3.05) is 0 Å². The molecule has 0 aliphatic heterocycles. The van der Waals surface area contributed by atoms with Crippen LogP contribution in [0.5, 0.6) is 0 Å². The third-order valence-electron chi connectivity index (χ3n) is 2.12. The van der Waals surface area contributed by atoms with E-state index >= 15 is 0 Å². The number of halogens is 2. The zero-order valence-electron chi connectivity index (χ0n) is 8.48. The van der Waals surface area contributed by atoms with Gasteiger partial charge in [0.1, 0.15) is 0 Å². The molecule has 0 aliphatic rings. The molecule has 1 N–H and O–H groups in total. The Morgan fingerprint density at radius 1 is 1.29 bits per heavy atom. The van der Waals surface area contributed by atoms with Crippen LogP contribution in [0.3, 0.4) is 0 Å². The van der Waals surface area contributed by atoms with Crippen LogP contribution >= 0.6 is 31.9 Å². The quantitative estimate of drug-likeness (QED) is 0.882. The Kier molecular flexibility index (Phi) is 3.58. The lowest BCUT2D eigenvalue weighted by Crippen LogP contribution is -2.35. The predicted molar refractivity (Wildman–Crippen MR) is 70.1 cm³/mol. The normalized spacial score (nSPS) is 10.5. The first-order valence-corrected chi connectivity index (χ1v) is 6.24. The van der Waals surface area contributed by atoms with Crippen molar-refractivity contribution in [2.45, 2.75) is 6.54 Å². The van der Waals surface area contributed by atoms with Crippen molar-refractivity contribution in [3.8, 4) is 0 Å². The lowest BCUT2D eigenvalue weighted by molar-refractivity contribution is 0.691. The van der Waals surface area contributed by atoms with Crippen molar-refractivity contribution in [1.29, 1.82) is 0 Å². The zero-order chi connectivity index (χ0) is 12.4. The molecule has 0 fully saturated rings. The van der Waals surface area contributed by atoms with Crippen LogP contribution < -0.4 is 11.2 Å². The molecule has 0 saturated carbocycles. The largest absolute Gasteiger partial charge is 0.328 e. The first-order chi connectivity index (χ1) is 8.08. The molecule has 0 bridgehead atoms. The summed E-state index contributed by atoms with van der Waals surface area (Å²) >= 11 is 6.36. The Morgan fingerprint density at radius 2 is 2.06 bits per heavy atom. The third-order valence-corrected chi connectivity index (χ3v) is 3.12. The van der Waals surface area contributed by atoms with E-state index in [0.717, 1.165) is 14.6 Å². The summed E-state index contributed by atoms with van der Waals surface area (Å²) < 4.78 is 2.22. The molecule has 0 atom stereocenters. The van der Waals surface area contributed by atoms with Crippen molar-refractivity contribution < 1.29 is 0 Å². The average molecular weight is 361 g/mol. The highest BCUT2D eigenvalue weighted by Gasteiger charge is 2.06. The van der Waals surface area contributed by atoms with Crippen LogP contribution in [0.25, 0.3) is 0 Å². The van der Waals surface area contributed by atoms with E-state index in [2.05, 4.69) is 41.8 Å². The predicted octanol–water partition coefficient (Wildman–Crippen LogP) is 1.50. The summed E-state index contributed by atoms with van der Waals surface area (Å²) in [6, 6.07) is 1.81. The minimum Gasteiger partial charge on any atom is -0.313 e. The van der Waals surface area contributed by atoms with Crippen LogP contribution in [-0.2, 0) is 6.54 Å². The molecule has 5 nitrogen and oxygen atoms in total. The average Bonchev–Trinajstić information content (AvgIpc) is 2.30. The fraction of sp³-hybridized carbons (Fsp3) is 0.100. The van der Waals surface area contributed by atoms with Gasteiger partial charge in [-0.25, -0.2) is 4.79 Å². The molecule has 2 heterocycles. The number of hydrogen-bond donors (Lipinski definition) is 1. The summed E-state index contributed by atoms with van der Waals surface area (Å²) in [5.74, 6) is 0. The van der Waals surface area contributed by atoms with E-state index in [0.29, 0.717) is 4.47 Å². The standard InChI is InChI=1S/C10H7Br2N3O2/c11-7-1-6(2-13-3-7)5-15-9(16)8(12)4-14-10(15)17/h1-4H,5H2,(H,14,17). The van der Waals surface area contributed by atoms with E-state index in [-0.39, 0.29) is 12.1 Å². The number of pyridine rings is 1. The Balaban J connectivity index is 2.47. The number of aromatic amines is 1. The van der Waals surface area contributed by atoms with Gasteiger partial charge in [-0.1, -0.05) is 0 Å². The Hall–Kier alpha value is -1.21. The topological polar surface area (TPSA) is 67.8 Å². The first kappa shape index (κ1) is 12.3. The number of hydrogen-bond acceptors (Lipinski definition) is 3. The second kappa shape index (κ2) is 4.97. The van der Waals surface area contributed by atoms with Gasteiger partial charge >= 0.3 is 5.69 Å². The van der Waals surface area contributed by atoms with Crippen LogP contribution in [0.1, 0.15) is 5.56 Å². The summed E-state index contributed by atoms with van der Waals surface area (Å²) in [4.78, 5) is 29.7. The van der Waals surface area contributed by atoms with E-state index in [1.54, 1.807) is 18.5 Å². The molecule has 0 aliphatic carbocycles. The maximum absolute atomic E-state index is 11.7. The molecule has 88 valence electrons. The van der Waals surface area contributed by atoms with E-state index in [1.165, 1.54) is 6.20 Å². The highest BCUT2D eigenvalue weighted by Crippen LogP contribution is 2.09. The molecule has 0 aromatic carbocycles. The van der Waals surface area contributed by atoms with E-state index in [9.17, 15) is 9.59 Å². The van der Waals surface area contributed by atoms with E-state index < -0.39 is 5.69 Å². The van der Waals surface area contributed by atoms with Crippen LogP contribution in [-0.4, -0.2) is 14.5 Å². The lowest BCUT2D eigenvalue weighted by Gasteiger charge is -2.04. The van der Waals surface area contributed by atoms with E-state index in [1.807, 2.05) is 0 Å². The van der Waals surface area contributed by atoms with Gasteiger partial charge in [0.05, 0.1) is 11.0 Å². The van der Waals surface area contributed by atoms with Gasteiger partial charge in [-0.3, -0.25) is 14.3 Å². The molecule has 0 unspecified atom stereocenters. The maximum Gasteiger partial charge on any atom is 0.328 e. The molecule has 17 heavy (non-hydrogen) atoms. The Bertz CT molecular complexity index is 663. The summed E-state index contributed by atoms with van der Waals surface area (Å²) in [6.07, 6.45) is 4.58. The van der Waals surface area contributed by atoms with Gasteiger partial charge in [-0.2, -0.15) is 0 Å². The number of nitrogens with zero attached hydrogens (tertiary/aromatic N) is 2. The summed E-state index contributed by atoms with van der Waals surface area (Å²) in [7, 11) is 0. The van der Waals surface area contributed by atoms with Crippen molar-refractivity contribution in [2.24, 2.45) is 0 Å². The van der Waals surface area contributed by atoms with Crippen molar-refractivity contribution >= 4 is 31.9 Å². The number of H-pyrrole nitrogens is 1. The van der Waals surface area contributed by atoms with Crippen molar-refractivity contribution in [3.63, 3.8) is 0 Å². The highest BCUT2D eigenvalue weighted by molar-refractivity contribution is 9.10. The molecule has 2 rings (SSSR count). The third kappa shape index (κ3) is 2.73. The second-order valence-electron chi connectivity index (χ2n) is 3.34. The van der Waals surface area contributed by atoms with Crippen LogP contribution in [0.2, 0.25) is 0 Å². The Labute approximate surface area is 113 Å². The van der Waals surface area contributed by atoms with Gasteiger partial charge in [0, 0.05) is 23.1 Å². The maximum atomic E-state index is 11.7. The Morgan fingerprint density at radius 3 is 2.76 bits per heavy atom. The summed E-state index contributed by atoms with van der Waals surface area (Å²) in [5, 5.41) is 0. The molecule has 0 radical (unpaired) electrons. The smallest absolute Gasteiger partial charge is 0.313 e. The summed E-state index contributed by atoms with van der Waals surface area (Å²) in [5.41, 5.74) is -0.0445. The molecule has 0 amide bonds.